The molecule has 0 bridgehead atoms. The molecule has 0 aromatic heterocycles. The molecule has 0 amide bonds. The van der Waals surface area contributed by atoms with Crippen LogP contribution in [0.25, 0.3) is 0 Å². The van der Waals surface area contributed by atoms with Gasteiger partial charge >= 0.3 is 0 Å². The van der Waals surface area contributed by atoms with Gasteiger partial charge in [0.1, 0.15) is 0 Å². The summed E-state index contributed by atoms with van der Waals surface area (Å²) in [6.07, 6.45) is 0. The van der Waals surface area contributed by atoms with Crippen LogP contribution in [0.4, 0.5) is 0 Å². The quantitative estimate of drug-likeness (QED) is 0.874. The Morgan fingerprint density at radius 1 is 1.00 bits per heavy atom. The number of aryl methyl sites for hydroxylation is 1. The second-order valence-electron chi connectivity index (χ2n) is 5.14. The minimum Gasteiger partial charge on any atom is -0.493 e. The Hall–Kier alpha value is -2.00. The van der Waals surface area contributed by atoms with Gasteiger partial charge in [-0.2, -0.15) is 0 Å². The Morgan fingerprint density at radius 3 is 2.38 bits per heavy atom. The normalized spacial score (nSPS) is 12.0. The molecule has 1 unspecified atom stereocenters. The number of hydrogen-bond acceptors (Lipinski definition) is 3. The van der Waals surface area contributed by atoms with E-state index in [1.165, 1.54) is 16.7 Å². The van der Waals surface area contributed by atoms with Crippen LogP contribution in [-0.2, 0) is 6.54 Å². The summed E-state index contributed by atoms with van der Waals surface area (Å²) in [5.41, 5.74) is 3.82. The van der Waals surface area contributed by atoms with Crippen molar-refractivity contribution in [1.82, 2.24) is 5.32 Å². The molecule has 0 aliphatic rings. The van der Waals surface area contributed by atoms with Gasteiger partial charge in [-0.15, -0.1) is 0 Å². The second kappa shape index (κ2) is 7.14. The lowest BCUT2D eigenvalue weighted by molar-refractivity contribution is 0.354. The molecular formula is C18H23NO2. The number of hydrogen-bond donors (Lipinski definition) is 1. The molecule has 0 heterocycles. The third kappa shape index (κ3) is 3.76. The predicted octanol–water partition coefficient (Wildman–Crippen LogP) is 3.86. The Kier molecular flexibility index (Phi) is 5.23. The van der Waals surface area contributed by atoms with E-state index in [0.29, 0.717) is 0 Å². The van der Waals surface area contributed by atoms with Gasteiger partial charge in [0.05, 0.1) is 14.2 Å². The summed E-state index contributed by atoms with van der Waals surface area (Å²) in [6.45, 7) is 5.14. The van der Waals surface area contributed by atoms with Gasteiger partial charge in [0.25, 0.3) is 0 Å². The van der Waals surface area contributed by atoms with E-state index in [2.05, 4.69) is 49.5 Å². The summed E-state index contributed by atoms with van der Waals surface area (Å²) >= 11 is 0. The second-order valence-corrected chi connectivity index (χ2v) is 5.14. The zero-order chi connectivity index (χ0) is 15.2. The summed E-state index contributed by atoms with van der Waals surface area (Å²) in [4.78, 5) is 0. The van der Waals surface area contributed by atoms with Gasteiger partial charge in [-0.25, -0.2) is 0 Å². The van der Waals surface area contributed by atoms with Crippen LogP contribution in [0.1, 0.15) is 29.7 Å². The molecular weight excluding hydrogens is 262 g/mol. The molecule has 1 atom stereocenters. The van der Waals surface area contributed by atoms with E-state index in [4.69, 9.17) is 9.47 Å². The topological polar surface area (TPSA) is 30.5 Å². The highest BCUT2D eigenvalue weighted by molar-refractivity contribution is 5.43. The van der Waals surface area contributed by atoms with Crippen LogP contribution < -0.4 is 14.8 Å². The fourth-order valence-corrected chi connectivity index (χ4v) is 2.31. The Balaban J connectivity index is 2.06. The zero-order valence-electron chi connectivity index (χ0n) is 13.1. The van der Waals surface area contributed by atoms with E-state index in [1.807, 2.05) is 12.1 Å². The molecule has 2 rings (SSSR count). The van der Waals surface area contributed by atoms with Crippen molar-refractivity contribution in [3.8, 4) is 11.5 Å². The van der Waals surface area contributed by atoms with Crippen molar-refractivity contribution in [2.75, 3.05) is 14.2 Å². The van der Waals surface area contributed by atoms with E-state index < -0.39 is 0 Å². The first kappa shape index (κ1) is 15.4. The summed E-state index contributed by atoms with van der Waals surface area (Å²) in [5, 5.41) is 3.55. The first-order chi connectivity index (χ1) is 10.2. The summed E-state index contributed by atoms with van der Waals surface area (Å²) in [6, 6.07) is 14.7. The molecule has 3 heteroatoms. The standard InChI is InChI=1S/C18H23NO2/c1-13-7-5-6-8-16(13)12-19-14(2)15-9-10-17(20-3)18(11-15)21-4/h5-11,14,19H,12H2,1-4H3. The first-order valence-electron chi connectivity index (χ1n) is 7.15. The molecule has 1 N–H and O–H groups in total. The Labute approximate surface area is 126 Å². The molecule has 0 saturated heterocycles. The molecule has 0 aliphatic heterocycles. The molecule has 2 aromatic carbocycles. The minimum atomic E-state index is 0.240. The predicted molar refractivity (Wildman–Crippen MR) is 86.0 cm³/mol. The van der Waals surface area contributed by atoms with Crippen LogP contribution >= 0.6 is 0 Å². The lowest BCUT2D eigenvalue weighted by Crippen LogP contribution is -2.18. The van der Waals surface area contributed by atoms with Gasteiger partial charge in [-0.1, -0.05) is 30.3 Å². The number of benzene rings is 2. The van der Waals surface area contributed by atoms with Gasteiger partial charge in [0, 0.05) is 12.6 Å². The van der Waals surface area contributed by atoms with Crippen LogP contribution in [0.15, 0.2) is 42.5 Å². The summed E-state index contributed by atoms with van der Waals surface area (Å²) in [5.74, 6) is 1.52. The average molecular weight is 285 g/mol. The van der Waals surface area contributed by atoms with Gasteiger partial charge in [0.2, 0.25) is 0 Å². The molecule has 0 aliphatic carbocycles. The fraction of sp³-hybridized carbons (Fsp3) is 0.333. The molecule has 112 valence electrons. The van der Waals surface area contributed by atoms with Gasteiger partial charge in [-0.3, -0.25) is 0 Å². The van der Waals surface area contributed by atoms with Crippen molar-refractivity contribution in [2.24, 2.45) is 0 Å². The van der Waals surface area contributed by atoms with Crippen molar-refractivity contribution in [2.45, 2.75) is 26.4 Å². The molecule has 0 saturated carbocycles. The van der Waals surface area contributed by atoms with Crippen LogP contribution in [0.2, 0.25) is 0 Å². The van der Waals surface area contributed by atoms with Crippen molar-refractivity contribution < 1.29 is 9.47 Å². The number of ether oxygens (including phenoxy) is 2. The van der Waals surface area contributed by atoms with E-state index in [1.54, 1.807) is 14.2 Å². The largest absolute Gasteiger partial charge is 0.493 e. The molecule has 2 aromatic rings. The average Bonchev–Trinajstić information content (AvgIpc) is 2.53. The SMILES string of the molecule is COc1ccc(C(C)NCc2ccccc2C)cc1OC. The van der Waals surface area contributed by atoms with E-state index in [0.717, 1.165) is 18.0 Å². The summed E-state index contributed by atoms with van der Waals surface area (Å²) in [7, 11) is 3.31. The maximum Gasteiger partial charge on any atom is 0.161 e. The highest BCUT2D eigenvalue weighted by atomic mass is 16.5. The highest BCUT2D eigenvalue weighted by Gasteiger charge is 2.10. The Morgan fingerprint density at radius 2 is 1.71 bits per heavy atom. The monoisotopic (exact) mass is 285 g/mol. The molecule has 21 heavy (non-hydrogen) atoms. The number of nitrogens with one attached hydrogen (secondary N) is 1. The van der Waals surface area contributed by atoms with E-state index in [9.17, 15) is 0 Å². The number of methoxy groups -OCH3 is 2. The first-order valence-corrected chi connectivity index (χ1v) is 7.15. The summed E-state index contributed by atoms with van der Waals surface area (Å²) < 4.78 is 10.6. The van der Waals surface area contributed by atoms with E-state index in [-0.39, 0.29) is 6.04 Å². The van der Waals surface area contributed by atoms with Gasteiger partial charge in [0.15, 0.2) is 11.5 Å². The molecule has 0 radical (unpaired) electrons. The third-order valence-corrected chi connectivity index (χ3v) is 3.77. The van der Waals surface area contributed by atoms with E-state index >= 15 is 0 Å². The Bertz CT molecular complexity index is 596. The van der Waals surface area contributed by atoms with Gasteiger partial charge in [-0.05, 0) is 42.7 Å². The maximum absolute atomic E-state index is 5.36. The lowest BCUT2D eigenvalue weighted by atomic mass is 10.1. The van der Waals surface area contributed by atoms with Crippen LogP contribution in [0.5, 0.6) is 11.5 Å². The maximum atomic E-state index is 5.36. The molecule has 0 fully saturated rings. The van der Waals surface area contributed by atoms with Crippen LogP contribution in [0.3, 0.4) is 0 Å². The van der Waals surface area contributed by atoms with Crippen molar-refractivity contribution in [3.05, 3.63) is 59.2 Å². The van der Waals surface area contributed by atoms with Crippen LogP contribution in [0, 0.1) is 6.92 Å². The van der Waals surface area contributed by atoms with Crippen molar-refractivity contribution in [1.29, 1.82) is 0 Å². The molecule has 3 nitrogen and oxygen atoms in total. The fourth-order valence-electron chi connectivity index (χ4n) is 2.31. The molecule has 0 spiro atoms. The lowest BCUT2D eigenvalue weighted by Gasteiger charge is -2.17. The zero-order valence-corrected chi connectivity index (χ0v) is 13.1. The smallest absolute Gasteiger partial charge is 0.161 e. The third-order valence-electron chi connectivity index (χ3n) is 3.77. The minimum absolute atomic E-state index is 0.240. The van der Waals surface area contributed by atoms with Crippen molar-refractivity contribution >= 4 is 0 Å². The van der Waals surface area contributed by atoms with Gasteiger partial charge < -0.3 is 14.8 Å². The van der Waals surface area contributed by atoms with Crippen molar-refractivity contribution in [3.63, 3.8) is 0 Å². The number of rotatable bonds is 6. The van der Waals surface area contributed by atoms with Crippen LogP contribution in [-0.4, -0.2) is 14.2 Å². The highest BCUT2D eigenvalue weighted by Crippen LogP contribution is 2.29.